The van der Waals surface area contributed by atoms with Crippen LogP contribution in [0.2, 0.25) is 0 Å². The minimum Gasteiger partial charge on any atom is -0.480 e. The molecule has 0 unspecified atom stereocenters. The Labute approximate surface area is 96.9 Å². The van der Waals surface area contributed by atoms with Crippen molar-refractivity contribution < 1.29 is 15.0 Å². The first-order valence-electron chi connectivity index (χ1n) is 4.67. The summed E-state index contributed by atoms with van der Waals surface area (Å²) in [4.78, 5) is 11.1. The van der Waals surface area contributed by atoms with E-state index in [0.717, 1.165) is 0 Å². The second-order valence-electron chi connectivity index (χ2n) is 3.33. The first kappa shape index (κ1) is 12.2. The first-order valence-corrected chi connectivity index (χ1v) is 5.47. The maximum Gasteiger partial charge on any atom is 0.323 e. The Hall–Kier alpha value is -0.870. The van der Waals surface area contributed by atoms with E-state index >= 15 is 0 Å². The second-order valence-corrected chi connectivity index (χ2v) is 4.75. The van der Waals surface area contributed by atoms with Crippen molar-refractivity contribution in [3.05, 3.63) is 35.9 Å². The third kappa shape index (κ3) is 2.38. The molecule has 1 rings (SSSR count). The van der Waals surface area contributed by atoms with Gasteiger partial charge in [-0.25, -0.2) is 0 Å². The van der Waals surface area contributed by atoms with Crippen molar-refractivity contribution in [2.45, 2.75) is 23.8 Å². The molecule has 0 amide bonds. The highest BCUT2D eigenvalue weighted by Gasteiger charge is 2.42. The quantitative estimate of drug-likeness (QED) is 0.828. The van der Waals surface area contributed by atoms with Gasteiger partial charge in [-0.05, 0) is 12.0 Å². The summed E-state index contributed by atoms with van der Waals surface area (Å²) in [5.74, 6) is -1.05. The molecule has 82 valence electrons. The van der Waals surface area contributed by atoms with E-state index in [1.165, 1.54) is 0 Å². The molecule has 0 spiro atoms. The number of aliphatic hydroxyl groups is 1. The number of carboxylic acids is 1. The average Bonchev–Trinajstić information content (AvgIpc) is 2.28. The highest BCUT2D eigenvalue weighted by Crippen LogP contribution is 2.36. The summed E-state index contributed by atoms with van der Waals surface area (Å²) in [6.07, 6.45) is -0.750. The van der Waals surface area contributed by atoms with Crippen molar-refractivity contribution in [2.75, 3.05) is 0 Å². The van der Waals surface area contributed by atoms with Crippen LogP contribution in [0.25, 0.3) is 0 Å². The summed E-state index contributed by atoms with van der Waals surface area (Å²) in [7, 11) is 0. The van der Waals surface area contributed by atoms with Crippen molar-refractivity contribution in [1.29, 1.82) is 0 Å². The van der Waals surface area contributed by atoms with Gasteiger partial charge in [0.05, 0.1) is 0 Å². The van der Waals surface area contributed by atoms with E-state index in [-0.39, 0.29) is 0 Å². The Morgan fingerprint density at radius 3 is 2.40 bits per heavy atom. The Kier molecular flexibility index (Phi) is 3.88. The molecule has 0 aliphatic carbocycles. The van der Waals surface area contributed by atoms with Gasteiger partial charge in [-0.1, -0.05) is 53.2 Å². The number of hydrogen-bond donors (Lipinski definition) is 2. The third-order valence-electron chi connectivity index (χ3n) is 2.42. The van der Waals surface area contributed by atoms with Crippen molar-refractivity contribution in [3.8, 4) is 0 Å². The Morgan fingerprint density at radius 2 is 2.00 bits per heavy atom. The van der Waals surface area contributed by atoms with E-state index in [0.29, 0.717) is 12.0 Å². The van der Waals surface area contributed by atoms with Gasteiger partial charge in [0, 0.05) is 0 Å². The largest absolute Gasteiger partial charge is 0.480 e. The predicted octanol–water partition coefficient (Wildman–Crippen LogP) is 2.35. The topological polar surface area (TPSA) is 57.5 Å². The Morgan fingerprint density at radius 1 is 1.47 bits per heavy atom. The maximum atomic E-state index is 11.1. The van der Waals surface area contributed by atoms with Crippen LogP contribution in [0.1, 0.15) is 25.0 Å². The van der Waals surface area contributed by atoms with Crippen LogP contribution in [0.3, 0.4) is 0 Å². The van der Waals surface area contributed by atoms with E-state index in [4.69, 9.17) is 5.11 Å². The van der Waals surface area contributed by atoms with Gasteiger partial charge in [-0.15, -0.1) is 0 Å². The fraction of sp³-hybridized carbons (Fsp3) is 0.364. The van der Waals surface area contributed by atoms with Crippen LogP contribution in [0, 0.1) is 0 Å². The van der Waals surface area contributed by atoms with Crippen LogP contribution >= 0.6 is 15.9 Å². The zero-order chi connectivity index (χ0) is 11.5. The van der Waals surface area contributed by atoms with Gasteiger partial charge >= 0.3 is 5.97 Å². The predicted molar refractivity (Wildman–Crippen MR) is 61.0 cm³/mol. The van der Waals surface area contributed by atoms with Crippen LogP contribution in [0.4, 0.5) is 0 Å². The summed E-state index contributed by atoms with van der Waals surface area (Å²) in [5, 5.41) is 19.0. The van der Waals surface area contributed by atoms with Gasteiger partial charge in [-0.2, -0.15) is 0 Å². The highest BCUT2D eigenvalue weighted by molar-refractivity contribution is 9.10. The number of rotatable bonds is 4. The molecule has 0 saturated carbocycles. The van der Waals surface area contributed by atoms with E-state index in [1.54, 1.807) is 31.2 Å². The number of aliphatic carboxylic acids is 1. The summed E-state index contributed by atoms with van der Waals surface area (Å²) in [6.45, 7) is 1.72. The minimum absolute atomic E-state index is 0.304. The number of carbonyl (C=O) groups is 1. The monoisotopic (exact) mass is 272 g/mol. The highest BCUT2D eigenvalue weighted by atomic mass is 79.9. The lowest BCUT2D eigenvalue weighted by atomic mass is 9.93. The molecular weight excluding hydrogens is 260 g/mol. The number of halogens is 1. The van der Waals surface area contributed by atoms with Gasteiger partial charge < -0.3 is 10.2 Å². The van der Waals surface area contributed by atoms with Crippen LogP contribution in [0.5, 0.6) is 0 Å². The zero-order valence-corrected chi connectivity index (χ0v) is 9.94. The molecular formula is C11H13BrO3. The summed E-state index contributed by atoms with van der Waals surface area (Å²) in [6, 6.07) is 8.77. The zero-order valence-electron chi connectivity index (χ0n) is 8.35. The van der Waals surface area contributed by atoms with E-state index in [1.807, 2.05) is 6.07 Å². The van der Waals surface area contributed by atoms with Crippen molar-refractivity contribution in [3.63, 3.8) is 0 Å². The maximum absolute atomic E-state index is 11.1. The van der Waals surface area contributed by atoms with E-state index < -0.39 is 16.4 Å². The lowest BCUT2D eigenvalue weighted by molar-refractivity contribution is -0.143. The lowest BCUT2D eigenvalue weighted by Gasteiger charge is -2.27. The van der Waals surface area contributed by atoms with Crippen molar-refractivity contribution in [1.82, 2.24) is 0 Å². The molecule has 0 radical (unpaired) electrons. The molecule has 1 aromatic rings. The molecule has 0 fully saturated rings. The normalized spacial score (nSPS) is 16.7. The molecule has 0 aliphatic heterocycles. The summed E-state index contributed by atoms with van der Waals surface area (Å²) >= 11 is 3.10. The van der Waals surface area contributed by atoms with Crippen LogP contribution < -0.4 is 0 Å². The Bertz CT molecular complexity index is 339. The van der Waals surface area contributed by atoms with Crippen molar-refractivity contribution >= 4 is 21.9 Å². The number of carboxylic acid groups (broad SMARTS) is 1. The molecule has 0 bridgehead atoms. The van der Waals surface area contributed by atoms with Gasteiger partial charge in [0.1, 0.15) is 6.10 Å². The number of benzene rings is 1. The number of hydrogen-bond acceptors (Lipinski definition) is 2. The van der Waals surface area contributed by atoms with Gasteiger partial charge in [0.25, 0.3) is 0 Å². The molecule has 0 saturated heterocycles. The molecule has 4 heteroatoms. The fourth-order valence-electron chi connectivity index (χ4n) is 1.36. The van der Waals surface area contributed by atoms with Crippen LogP contribution in [0.15, 0.2) is 30.3 Å². The smallest absolute Gasteiger partial charge is 0.323 e. The third-order valence-corrected chi connectivity index (χ3v) is 3.75. The SMILES string of the molecule is CC[C@](Br)(C(=O)O)[C@H](O)c1ccccc1. The van der Waals surface area contributed by atoms with Gasteiger partial charge in [0.15, 0.2) is 4.32 Å². The van der Waals surface area contributed by atoms with E-state index in [2.05, 4.69) is 15.9 Å². The molecule has 1 aromatic carbocycles. The molecule has 0 aliphatic rings. The molecule has 0 heterocycles. The second kappa shape index (κ2) is 4.77. The summed E-state index contributed by atoms with van der Waals surface area (Å²) < 4.78 is -1.31. The number of alkyl halides is 1. The summed E-state index contributed by atoms with van der Waals surface area (Å²) in [5.41, 5.74) is 0.596. The lowest BCUT2D eigenvalue weighted by Crippen LogP contribution is -2.37. The Balaban J connectivity index is 3.02. The molecule has 0 aromatic heterocycles. The number of aliphatic hydroxyl groups excluding tert-OH is 1. The standard InChI is InChI=1S/C11H13BrO3/c1-2-11(12,10(14)15)9(13)8-6-4-3-5-7-8/h3-7,9,13H,2H2,1H3,(H,14,15)/t9-,11-/m1/s1. The average molecular weight is 273 g/mol. The van der Waals surface area contributed by atoms with Crippen molar-refractivity contribution in [2.24, 2.45) is 0 Å². The molecule has 2 N–H and O–H groups in total. The molecule has 3 nitrogen and oxygen atoms in total. The van der Waals surface area contributed by atoms with Crippen LogP contribution in [-0.4, -0.2) is 20.5 Å². The molecule has 2 atom stereocenters. The van der Waals surface area contributed by atoms with Gasteiger partial charge in [0.2, 0.25) is 0 Å². The van der Waals surface area contributed by atoms with Gasteiger partial charge in [-0.3, -0.25) is 4.79 Å². The fourth-order valence-corrected chi connectivity index (χ4v) is 1.63. The van der Waals surface area contributed by atoms with Crippen LogP contribution in [-0.2, 0) is 4.79 Å². The first-order chi connectivity index (χ1) is 7.02. The molecule has 15 heavy (non-hydrogen) atoms. The van der Waals surface area contributed by atoms with E-state index in [9.17, 15) is 9.90 Å². The minimum atomic E-state index is -1.31.